The van der Waals surface area contributed by atoms with E-state index in [-0.39, 0.29) is 18.2 Å². The van der Waals surface area contributed by atoms with Crippen LogP contribution in [0.2, 0.25) is 0 Å². The number of amides is 1. The molecule has 0 aromatic heterocycles. The van der Waals surface area contributed by atoms with Crippen molar-refractivity contribution in [2.45, 2.75) is 26.2 Å². The molecule has 1 heterocycles. The van der Waals surface area contributed by atoms with Crippen molar-refractivity contribution in [1.82, 2.24) is 4.90 Å². The molecule has 102 valence electrons. The van der Waals surface area contributed by atoms with Crippen molar-refractivity contribution in [3.05, 3.63) is 35.4 Å². The lowest BCUT2D eigenvalue weighted by atomic mass is 9.97. The Morgan fingerprint density at radius 1 is 1.42 bits per heavy atom. The van der Waals surface area contributed by atoms with Gasteiger partial charge in [-0.05, 0) is 30.4 Å². The van der Waals surface area contributed by atoms with Crippen molar-refractivity contribution in [1.29, 1.82) is 0 Å². The van der Waals surface area contributed by atoms with Crippen LogP contribution >= 0.6 is 0 Å². The van der Waals surface area contributed by atoms with E-state index in [0.29, 0.717) is 13.0 Å². The van der Waals surface area contributed by atoms with Crippen LogP contribution in [0.4, 0.5) is 0 Å². The van der Waals surface area contributed by atoms with Crippen molar-refractivity contribution in [3.63, 3.8) is 0 Å². The number of aliphatic carboxylic acids is 1. The minimum absolute atomic E-state index is 0.0732. The molecule has 1 amide bonds. The van der Waals surface area contributed by atoms with Crippen LogP contribution in [0.3, 0.4) is 0 Å². The zero-order valence-electron chi connectivity index (χ0n) is 11.1. The lowest BCUT2D eigenvalue weighted by Gasteiger charge is -2.30. The Morgan fingerprint density at radius 2 is 2.16 bits per heavy atom. The third kappa shape index (κ3) is 3.34. The molecule has 0 aliphatic carbocycles. The van der Waals surface area contributed by atoms with Crippen LogP contribution in [0.5, 0.6) is 0 Å². The highest BCUT2D eigenvalue weighted by Gasteiger charge is 2.24. The Balaban J connectivity index is 1.96. The van der Waals surface area contributed by atoms with Gasteiger partial charge in [0.05, 0.1) is 0 Å². The van der Waals surface area contributed by atoms with Gasteiger partial charge in [-0.25, -0.2) is 0 Å². The number of benzene rings is 1. The molecule has 0 saturated heterocycles. The van der Waals surface area contributed by atoms with Crippen molar-refractivity contribution in [2.24, 2.45) is 5.92 Å². The molecule has 0 saturated carbocycles. The van der Waals surface area contributed by atoms with Gasteiger partial charge in [0.25, 0.3) is 5.91 Å². The summed E-state index contributed by atoms with van der Waals surface area (Å²) >= 11 is 0. The van der Waals surface area contributed by atoms with E-state index in [1.165, 1.54) is 0 Å². The largest absolute Gasteiger partial charge is 0.481 e. The molecule has 2 rings (SSSR count). The molecule has 1 aromatic carbocycles. The van der Waals surface area contributed by atoms with Gasteiger partial charge in [0.1, 0.15) is 0 Å². The van der Waals surface area contributed by atoms with E-state index < -0.39 is 5.97 Å². The summed E-state index contributed by atoms with van der Waals surface area (Å²) in [6.07, 6.45) is 1.66. The molecular formula is C15H19NO3. The van der Waals surface area contributed by atoms with Gasteiger partial charge < -0.3 is 10.0 Å². The molecule has 1 aliphatic rings. The van der Waals surface area contributed by atoms with Gasteiger partial charge >= 0.3 is 5.97 Å². The minimum Gasteiger partial charge on any atom is -0.481 e. The standard InChI is InChI=1S/C15H19NO3/c1-11(6-7-14(17)18)10-16-9-8-12-4-2-3-5-13(12)15(16)19/h2-5,11H,6-10H2,1H3,(H,17,18). The molecule has 1 atom stereocenters. The zero-order chi connectivity index (χ0) is 13.8. The molecule has 0 bridgehead atoms. The first-order valence-corrected chi connectivity index (χ1v) is 6.67. The van der Waals surface area contributed by atoms with E-state index in [1.807, 2.05) is 36.1 Å². The SMILES string of the molecule is CC(CCC(=O)O)CN1CCc2ccccc2C1=O. The number of fused-ring (bicyclic) bond motifs is 1. The van der Waals surface area contributed by atoms with E-state index in [2.05, 4.69) is 0 Å². The van der Waals surface area contributed by atoms with Crippen LogP contribution in [0.1, 0.15) is 35.7 Å². The zero-order valence-corrected chi connectivity index (χ0v) is 11.1. The maximum atomic E-state index is 12.3. The van der Waals surface area contributed by atoms with Crippen molar-refractivity contribution in [3.8, 4) is 0 Å². The molecular weight excluding hydrogens is 242 g/mol. The first kappa shape index (κ1) is 13.6. The average Bonchev–Trinajstić information content (AvgIpc) is 2.40. The number of nitrogens with zero attached hydrogens (tertiary/aromatic N) is 1. The fraction of sp³-hybridized carbons (Fsp3) is 0.467. The van der Waals surface area contributed by atoms with Crippen LogP contribution in [0.15, 0.2) is 24.3 Å². The molecule has 4 nitrogen and oxygen atoms in total. The Kier molecular flexibility index (Phi) is 4.20. The van der Waals surface area contributed by atoms with Gasteiger partial charge in [-0.3, -0.25) is 9.59 Å². The monoisotopic (exact) mass is 261 g/mol. The van der Waals surface area contributed by atoms with Crippen LogP contribution in [0, 0.1) is 5.92 Å². The highest BCUT2D eigenvalue weighted by atomic mass is 16.4. The summed E-state index contributed by atoms with van der Waals surface area (Å²) in [4.78, 5) is 24.7. The predicted molar refractivity (Wildman–Crippen MR) is 72.1 cm³/mol. The molecule has 1 N–H and O–H groups in total. The first-order valence-electron chi connectivity index (χ1n) is 6.67. The lowest BCUT2D eigenvalue weighted by Crippen LogP contribution is -2.40. The van der Waals surface area contributed by atoms with Gasteiger partial charge in [-0.15, -0.1) is 0 Å². The van der Waals surface area contributed by atoms with Crippen molar-refractivity contribution < 1.29 is 14.7 Å². The Hall–Kier alpha value is -1.84. The summed E-state index contributed by atoms with van der Waals surface area (Å²) in [5, 5.41) is 8.67. The minimum atomic E-state index is -0.776. The second-order valence-corrected chi connectivity index (χ2v) is 5.20. The highest BCUT2D eigenvalue weighted by Crippen LogP contribution is 2.20. The maximum Gasteiger partial charge on any atom is 0.303 e. The number of carbonyl (C=O) groups is 2. The predicted octanol–water partition coefficient (Wildman–Crippen LogP) is 2.19. The van der Waals surface area contributed by atoms with E-state index in [0.717, 1.165) is 24.1 Å². The van der Waals surface area contributed by atoms with E-state index in [4.69, 9.17) is 5.11 Å². The number of carboxylic acid groups (broad SMARTS) is 1. The number of rotatable bonds is 5. The molecule has 1 aliphatic heterocycles. The van der Waals surface area contributed by atoms with Gasteiger partial charge in [0.2, 0.25) is 0 Å². The number of carbonyl (C=O) groups excluding carboxylic acids is 1. The first-order chi connectivity index (χ1) is 9.08. The normalized spacial score (nSPS) is 16.1. The summed E-state index contributed by atoms with van der Waals surface area (Å²) in [7, 11) is 0. The van der Waals surface area contributed by atoms with Crippen molar-refractivity contribution in [2.75, 3.05) is 13.1 Å². The summed E-state index contributed by atoms with van der Waals surface area (Å²) in [5.74, 6) is -0.489. The number of hydrogen-bond acceptors (Lipinski definition) is 2. The molecule has 1 unspecified atom stereocenters. The summed E-state index contributed by atoms with van der Waals surface area (Å²) < 4.78 is 0. The summed E-state index contributed by atoms with van der Waals surface area (Å²) in [5.41, 5.74) is 1.90. The van der Waals surface area contributed by atoms with E-state index >= 15 is 0 Å². The molecule has 0 radical (unpaired) electrons. The van der Waals surface area contributed by atoms with Crippen LogP contribution < -0.4 is 0 Å². The Labute approximate surface area is 113 Å². The average molecular weight is 261 g/mol. The molecule has 4 heteroatoms. The van der Waals surface area contributed by atoms with Crippen LogP contribution in [0.25, 0.3) is 0 Å². The second-order valence-electron chi connectivity index (χ2n) is 5.20. The topological polar surface area (TPSA) is 57.6 Å². The third-order valence-electron chi connectivity index (χ3n) is 3.57. The summed E-state index contributed by atoms with van der Waals surface area (Å²) in [6.45, 7) is 3.37. The van der Waals surface area contributed by atoms with Crippen molar-refractivity contribution >= 4 is 11.9 Å². The summed E-state index contributed by atoms with van der Waals surface area (Å²) in [6, 6.07) is 7.70. The molecule has 1 aromatic rings. The van der Waals surface area contributed by atoms with E-state index in [1.54, 1.807) is 0 Å². The molecule has 0 fully saturated rings. The lowest BCUT2D eigenvalue weighted by molar-refractivity contribution is -0.137. The fourth-order valence-electron chi connectivity index (χ4n) is 2.49. The molecule has 19 heavy (non-hydrogen) atoms. The molecule has 0 spiro atoms. The van der Waals surface area contributed by atoms with Gasteiger partial charge in [0, 0.05) is 25.1 Å². The quantitative estimate of drug-likeness (QED) is 0.884. The van der Waals surface area contributed by atoms with Gasteiger partial charge in [-0.2, -0.15) is 0 Å². The number of hydrogen-bond donors (Lipinski definition) is 1. The number of carboxylic acids is 1. The third-order valence-corrected chi connectivity index (χ3v) is 3.57. The van der Waals surface area contributed by atoms with E-state index in [9.17, 15) is 9.59 Å². The smallest absolute Gasteiger partial charge is 0.303 e. The van der Waals surface area contributed by atoms with Crippen LogP contribution in [-0.4, -0.2) is 35.0 Å². The highest BCUT2D eigenvalue weighted by molar-refractivity contribution is 5.96. The second kappa shape index (κ2) is 5.87. The van der Waals surface area contributed by atoms with Gasteiger partial charge in [-0.1, -0.05) is 25.1 Å². The van der Waals surface area contributed by atoms with Crippen LogP contribution in [-0.2, 0) is 11.2 Å². The fourth-order valence-corrected chi connectivity index (χ4v) is 2.49. The maximum absolute atomic E-state index is 12.3. The van der Waals surface area contributed by atoms with Gasteiger partial charge in [0.15, 0.2) is 0 Å². The Morgan fingerprint density at radius 3 is 2.89 bits per heavy atom. The Bertz CT molecular complexity index is 484.